The van der Waals surface area contributed by atoms with Crippen LogP contribution in [0.1, 0.15) is 284 Å². The summed E-state index contributed by atoms with van der Waals surface area (Å²) in [5.41, 5.74) is 0. The normalized spacial score (nSPS) is 23.0. The van der Waals surface area contributed by atoms with Gasteiger partial charge in [0.05, 0.1) is 32.0 Å². The molecule has 96 heavy (non-hydrogen) atoms. The zero-order valence-corrected chi connectivity index (χ0v) is 60.1. The number of nitrogens with one attached hydrogen (secondary N) is 1. The highest BCUT2D eigenvalue weighted by molar-refractivity contribution is 5.76. The molecule has 2 rings (SSSR count). The molecule has 2 heterocycles. The molecule has 2 fully saturated rings. The molecule has 0 saturated carbocycles. The summed E-state index contributed by atoms with van der Waals surface area (Å²) < 4.78 is 22.9. The number of allylic oxidation sites excluding steroid dienone is 21. The second-order valence-electron chi connectivity index (χ2n) is 26.4. The Morgan fingerprint density at radius 3 is 1.10 bits per heavy atom. The van der Waals surface area contributed by atoms with Crippen molar-refractivity contribution < 1.29 is 64.6 Å². The van der Waals surface area contributed by atoms with Gasteiger partial charge in [0.15, 0.2) is 12.6 Å². The van der Waals surface area contributed by atoms with Crippen molar-refractivity contribution in [2.75, 3.05) is 19.8 Å². The Labute approximate surface area is 583 Å². The van der Waals surface area contributed by atoms with E-state index in [4.69, 9.17) is 18.9 Å². The molecule has 0 aromatic rings. The summed E-state index contributed by atoms with van der Waals surface area (Å²) in [5, 5.41) is 87.6. The van der Waals surface area contributed by atoms with Crippen molar-refractivity contribution in [3.05, 3.63) is 134 Å². The fourth-order valence-corrected chi connectivity index (χ4v) is 11.8. The van der Waals surface area contributed by atoms with E-state index >= 15 is 0 Å². The van der Waals surface area contributed by atoms with E-state index in [9.17, 15) is 45.6 Å². The van der Waals surface area contributed by atoms with Gasteiger partial charge in [0.1, 0.15) is 48.8 Å². The number of amides is 1. The molecule has 0 radical (unpaired) electrons. The zero-order valence-electron chi connectivity index (χ0n) is 60.1. The Morgan fingerprint density at radius 1 is 0.385 bits per heavy atom. The molecular weight excluding hydrogens is 1210 g/mol. The van der Waals surface area contributed by atoms with Gasteiger partial charge in [0.25, 0.3) is 0 Å². The van der Waals surface area contributed by atoms with E-state index in [0.717, 1.165) is 116 Å². The Balaban J connectivity index is 1.65. The van der Waals surface area contributed by atoms with Crippen molar-refractivity contribution in [3.8, 4) is 0 Å². The highest BCUT2D eigenvalue weighted by atomic mass is 16.7. The molecule has 0 spiro atoms. The van der Waals surface area contributed by atoms with Crippen molar-refractivity contribution in [3.63, 3.8) is 0 Å². The average Bonchev–Trinajstić information content (AvgIpc) is 0.806. The fraction of sp³-hybridized carbons (Fsp3) is 0.720. The number of carbonyl (C=O) groups excluding carboxylic acids is 1. The molecule has 9 N–H and O–H groups in total. The highest BCUT2D eigenvalue weighted by Crippen LogP contribution is 2.30. The van der Waals surface area contributed by atoms with Crippen molar-refractivity contribution >= 4 is 5.91 Å². The van der Waals surface area contributed by atoms with E-state index in [-0.39, 0.29) is 18.9 Å². The van der Waals surface area contributed by atoms with Crippen molar-refractivity contribution in [2.24, 2.45) is 0 Å². The summed E-state index contributed by atoms with van der Waals surface area (Å²) in [6.07, 6.45) is 79.3. The molecule has 0 aromatic carbocycles. The molecule has 0 aliphatic carbocycles. The number of hydrogen-bond acceptors (Lipinski definition) is 13. The molecular formula is C82H139NO13. The van der Waals surface area contributed by atoms with Gasteiger partial charge in [-0.15, -0.1) is 0 Å². The standard InChI is InChI=1S/C82H139NO13/c1-3-5-7-9-11-13-15-17-19-21-23-25-27-28-29-30-31-32-33-34-35-36-37-38-39-40-41-42-44-46-48-50-52-54-56-58-60-62-64-66-74(87)83-70(69-93-81-79(92)77(90)80(73(68-85)95-81)96-82-78(91)76(89)75(88)72(67-84)94-82)71(86)65-63-61-59-57-55-53-51-49-47-45-43-26-24-22-20-18-16-14-12-10-8-6-4-2/h5,7,11,13,17,19,23,25,28-29,31-32,34-35,37-38,40-41,44,46,63,65,70-73,75-82,84-86,88-92H,3-4,6,8-10,12,14-16,18,20-22,24,26-27,30,33,36,39,42-43,45,47-62,64,66-69H2,1-2H3,(H,83,87)/b7-5-,13-11-,19-17-,25-23-,29-28-,32-31-,35-34-,38-37-,41-40-,46-44-,65-63+. The van der Waals surface area contributed by atoms with Crippen LogP contribution >= 0.6 is 0 Å². The monoisotopic (exact) mass is 1350 g/mol. The van der Waals surface area contributed by atoms with Crippen molar-refractivity contribution in [2.45, 2.75) is 357 Å². The first-order valence-corrected chi connectivity index (χ1v) is 38.4. The quantitative estimate of drug-likeness (QED) is 0.0204. The molecule has 2 aliphatic rings. The van der Waals surface area contributed by atoms with Crippen LogP contribution in [0.5, 0.6) is 0 Å². The largest absolute Gasteiger partial charge is 0.394 e. The summed E-state index contributed by atoms with van der Waals surface area (Å²) in [4.78, 5) is 13.4. The van der Waals surface area contributed by atoms with Crippen LogP contribution in [-0.2, 0) is 23.7 Å². The van der Waals surface area contributed by atoms with Gasteiger partial charge in [-0.1, -0.05) is 314 Å². The van der Waals surface area contributed by atoms with Crippen LogP contribution in [0, 0.1) is 0 Å². The van der Waals surface area contributed by atoms with Gasteiger partial charge in [-0.05, 0) is 96.3 Å². The first-order valence-electron chi connectivity index (χ1n) is 38.4. The number of aliphatic hydroxyl groups is 8. The molecule has 12 unspecified atom stereocenters. The summed E-state index contributed by atoms with van der Waals surface area (Å²) >= 11 is 0. The lowest BCUT2D eigenvalue weighted by Gasteiger charge is -2.46. The number of unbranched alkanes of at least 4 members (excludes halogenated alkanes) is 29. The van der Waals surface area contributed by atoms with Crippen LogP contribution in [0.2, 0.25) is 0 Å². The first kappa shape index (κ1) is 88.2. The first-order chi connectivity index (χ1) is 47.1. The minimum Gasteiger partial charge on any atom is -0.394 e. The average molecular weight is 1350 g/mol. The van der Waals surface area contributed by atoms with E-state index < -0.39 is 86.8 Å². The predicted octanol–water partition coefficient (Wildman–Crippen LogP) is 17.0. The number of hydrogen-bond donors (Lipinski definition) is 9. The lowest BCUT2D eigenvalue weighted by molar-refractivity contribution is -0.359. The smallest absolute Gasteiger partial charge is 0.220 e. The SMILES string of the molecule is CC/C=C\C/C=C\C/C=C\C/C=C\C/C=C\C/C=C\C/C=C\C/C=C\C/C=C\C/C=C\CCCCCCCCCCC(=O)NC(COC1OC(CO)C(OC2OC(CO)C(O)C(O)C2O)C(O)C1O)C(O)/C=C/CCCCCCCCCCCCCCCCCCCCCCC. The minimum absolute atomic E-state index is 0.250. The lowest BCUT2D eigenvalue weighted by Crippen LogP contribution is -2.65. The minimum atomic E-state index is -1.80. The molecule has 12 atom stereocenters. The highest BCUT2D eigenvalue weighted by Gasteiger charge is 2.51. The number of rotatable bonds is 62. The predicted molar refractivity (Wildman–Crippen MR) is 396 cm³/mol. The zero-order chi connectivity index (χ0) is 69.4. The second kappa shape index (κ2) is 64.5. The lowest BCUT2D eigenvalue weighted by atomic mass is 9.97. The molecule has 0 bridgehead atoms. The number of aliphatic hydroxyl groups excluding tert-OH is 8. The maximum atomic E-state index is 13.4. The van der Waals surface area contributed by atoms with E-state index in [0.29, 0.717) is 6.42 Å². The molecule has 0 aromatic heterocycles. The van der Waals surface area contributed by atoms with E-state index in [1.807, 2.05) is 6.08 Å². The molecule has 2 aliphatic heterocycles. The topological polar surface area (TPSA) is 228 Å². The molecule has 550 valence electrons. The van der Waals surface area contributed by atoms with Crippen LogP contribution in [0.4, 0.5) is 0 Å². The van der Waals surface area contributed by atoms with Gasteiger partial charge < -0.3 is 65.1 Å². The van der Waals surface area contributed by atoms with Gasteiger partial charge in [-0.25, -0.2) is 0 Å². The van der Waals surface area contributed by atoms with Gasteiger partial charge in [-0.2, -0.15) is 0 Å². The summed E-state index contributed by atoms with van der Waals surface area (Å²) in [6, 6.07) is -0.930. The van der Waals surface area contributed by atoms with E-state index in [1.165, 1.54) is 141 Å². The van der Waals surface area contributed by atoms with Gasteiger partial charge in [-0.3, -0.25) is 4.79 Å². The van der Waals surface area contributed by atoms with Gasteiger partial charge in [0.2, 0.25) is 5.91 Å². The molecule has 2 saturated heterocycles. The Hall–Kier alpha value is -3.87. The third kappa shape index (κ3) is 47.2. The van der Waals surface area contributed by atoms with Crippen LogP contribution in [0.3, 0.4) is 0 Å². The maximum Gasteiger partial charge on any atom is 0.220 e. The Bertz CT molecular complexity index is 2130. The summed E-state index contributed by atoms with van der Waals surface area (Å²) in [6.45, 7) is 2.70. The van der Waals surface area contributed by atoms with E-state index in [1.54, 1.807) is 6.08 Å². The van der Waals surface area contributed by atoms with E-state index in [2.05, 4.69) is 141 Å². The van der Waals surface area contributed by atoms with Crippen LogP contribution in [0.15, 0.2) is 134 Å². The molecule has 14 nitrogen and oxygen atoms in total. The van der Waals surface area contributed by atoms with Gasteiger partial charge >= 0.3 is 0 Å². The second-order valence-corrected chi connectivity index (χ2v) is 26.4. The maximum absolute atomic E-state index is 13.4. The van der Waals surface area contributed by atoms with Crippen LogP contribution < -0.4 is 5.32 Å². The number of carbonyl (C=O) groups is 1. The summed E-state index contributed by atoms with van der Waals surface area (Å²) in [7, 11) is 0. The third-order valence-electron chi connectivity index (χ3n) is 17.8. The molecule has 1 amide bonds. The van der Waals surface area contributed by atoms with Crippen LogP contribution in [-0.4, -0.2) is 140 Å². The van der Waals surface area contributed by atoms with Crippen molar-refractivity contribution in [1.82, 2.24) is 5.32 Å². The Morgan fingerprint density at radius 2 is 0.719 bits per heavy atom. The Kier molecular flexibility index (Phi) is 59.3. The fourth-order valence-electron chi connectivity index (χ4n) is 11.8. The van der Waals surface area contributed by atoms with Gasteiger partial charge in [0, 0.05) is 6.42 Å². The number of ether oxygens (including phenoxy) is 4. The molecule has 14 heteroatoms. The third-order valence-corrected chi connectivity index (χ3v) is 17.8. The summed E-state index contributed by atoms with van der Waals surface area (Å²) in [5.74, 6) is -0.250. The van der Waals surface area contributed by atoms with Crippen LogP contribution in [0.25, 0.3) is 0 Å². The van der Waals surface area contributed by atoms with Crippen molar-refractivity contribution in [1.29, 1.82) is 0 Å².